The van der Waals surface area contributed by atoms with Gasteiger partial charge in [-0.15, -0.1) is 12.4 Å². The first-order chi connectivity index (χ1) is 4.83. The lowest BCUT2D eigenvalue weighted by atomic mass is 9.82. The van der Waals surface area contributed by atoms with Crippen LogP contribution in [-0.2, 0) is 4.74 Å². The number of hydrogen-bond donors (Lipinski definition) is 1. The summed E-state index contributed by atoms with van der Waals surface area (Å²) in [7, 11) is 0. The molecule has 1 fully saturated rings. The summed E-state index contributed by atoms with van der Waals surface area (Å²) in [6.45, 7) is 1.49. The molecule has 11 heavy (non-hydrogen) atoms. The van der Waals surface area contributed by atoms with E-state index in [-0.39, 0.29) is 24.5 Å². The average molecular weight is 184 g/mol. The predicted molar refractivity (Wildman–Crippen MR) is 44.8 cm³/mol. The Morgan fingerprint density at radius 3 is 2.18 bits per heavy atom. The highest BCUT2D eigenvalue weighted by atomic mass is 35.5. The van der Waals surface area contributed by atoms with Gasteiger partial charge < -0.3 is 10.5 Å². The van der Waals surface area contributed by atoms with Crippen molar-refractivity contribution in [1.29, 1.82) is 0 Å². The normalized spacial score (nSPS) is 22.4. The monoisotopic (exact) mass is 183 g/mol. The van der Waals surface area contributed by atoms with Crippen LogP contribution in [0.15, 0.2) is 0 Å². The molecule has 0 aliphatic carbocycles. The summed E-state index contributed by atoms with van der Waals surface area (Å²) >= 11 is 0. The lowest BCUT2D eigenvalue weighted by molar-refractivity contribution is 0.00669. The number of nitrogens with two attached hydrogens (primary N) is 1. The van der Waals surface area contributed by atoms with E-state index in [1.54, 1.807) is 0 Å². The van der Waals surface area contributed by atoms with Gasteiger partial charge in [0.2, 0.25) is 0 Å². The van der Waals surface area contributed by atoms with Crippen molar-refractivity contribution in [2.75, 3.05) is 26.4 Å². The molecular weight excluding hydrogens is 169 g/mol. The highest BCUT2D eigenvalue weighted by molar-refractivity contribution is 5.85. The van der Waals surface area contributed by atoms with E-state index in [0.717, 1.165) is 12.8 Å². The van der Waals surface area contributed by atoms with E-state index in [4.69, 9.17) is 10.5 Å². The molecule has 0 aromatic carbocycles. The third-order valence-corrected chi connectivity index (χ3v) is 2.27. The molecule has 0 spiro atoms. The molecule has 0 saturated carbocycles. The fraction of sp³-hybridized carbons (Fsp3) is 1.00. The maximum absolute atomic E-state index is 12.4. The first-order valence-electron chi connectivity index (χ1n) is 3.67. The fourth-order valence-corrected chi connectivity index (χ4v) is 1.20. The molecule has 0 atom stereocenters. The largest absolute Gasteiger partial charge is 0.381 e. The third kappa shape index (κ3) is 2.58. The lowest BCUT2D eigenvalue weighted by Crippen LogP contribution is -2.38. The van der Waals surface area contributed by atoms with Gasteiger partial charge in [-0.05, 0) is 12.8 Å². The summed E-state index contributed by atoms with van der Waals surface area (Å²) in [6.07, 6.45) is 1.56. The summed E-state index contributed by atoms with van der Waals surface area (Å²) in [6, 6.07) is 0. The van der Waals surface area contributed by atoms with Crippen LogP contribution in [-0.4, -0.2) is 26.4 Å². The zero-order valence-electron chi connectivity index (χ0n) is 6.51. The Labute approximate surface area is 72.7 Å². The SMILES string of the molecule is Cl.NCC1(CF)CCOCC1. The van der Waals surface area contributed by atoms with E-state index in [2.05, 4.69) is 0 Å². The van der Waals surface area contributed by atoms with Crippen molar-refractivity contribution in [3.8, 4) is 0 Å². The Balaban J connectivity index is 0.000001000. The molecule has 0 aromatic rings. The van der Waals surface area contributed by atoms with Gasteiger partial charge >= 0.3 is 0 Å². The minimum atomic E-state index is -0.299. The molecule has 1 aliphatic rings. The lowest BCUT2D eigenvalue weighted by Gasteiger charge is -2.33. The minimum absolute atomic E-state index is 0. The van der Waals surface area contributed by atoms with Crippen molar-refractivity contribution in [2.45, 2.75) is 12.8 Å². The van der Waals surface area contributed by atoms with Crippen LogP contribution in [0, 0.1) is 5.41 Å². The van der Waals surface area contributed by atoms with Crippen LogP contribution in [0.4, 0.5) is 4.39 Å². The van der Waals surface area contributed by atoms with Crippen LogP contribution < -0.4 is 5.73 Å². The second kappa shape index (κ2) is 4.91. The van der Waals surface area contributed by atoms with E-state index in [9.17, 15) is 4.39 Å². The van der Waals surface area contributed by atoms with Crippen molar-refractivity contribution in [3.05, 3.63) is 0 Å². The number of rotatable bonds is 2. The Hall–Kier alpha value is 0.140. The van der Waals surface area contributed by atoms with Gasteiger partial charge in [0.05, 0.1) is 6.67 Å². The summed E-state index contributed by atoms with van der Waals surface area (Å²) in [4.78, 5) is 0. The Kier molecular flexibility index (Phi) is 4.97. The summed E-state index contributed by atoms with van der Waals surface area (Å²) in [5, 5.41) is 0. The molecule has 1 heterocycles. The Morgan fingerprint density at radius 2 is 1.91 bits per heavy atom. The topological polar surface area (TPSA) is 35.2 Å². The third-order valence-electron chi connectivity index (χ3n) is 2.27. The van der Waals surface area contributed by atoms with Crippen molar-refractivity contribution in [1.82, 2.24) is 0 Å². The number of hydrogen-bond acceptors (Lipinski definition) is 2. The van der Waals surface area contributed by atoms with E-state index in [1.807, 2.05) is 0 Å². The molecule has 0 bridgehead atoms. The van der Waals surface area contributed by atoms with E-state index in [1.165, 1.54) is 0 Å². The first kappa shape index (κ1) is 11.1. The molecule has 4 heteroatoms. The van der Waals surface area contributed by atoms with E-state index in [0.29, 0.717) is 19.8 Å². The van der Waals surface area contributed by atoms with Gasteiger partial charge in [0.25, 0.3) is 0 Å². The second-order valence-electron chi connectivity index (χ2n) is 2.95. The molecule has 0 radical (unpaired) electrons. The van der Waals surface area contributed by atoms with Crippen molar-refractivity contribution in [2.24, 2.45) is 11.1 Å². The van der Waals surface area contributed by atoms with E-state index >= 15 is 0 Å². The molecule has 0 aromatic heterocycles. The standard InChI is InChI=1S/C7H14FNO.ClH/c8-5-7(6-9)1-3-10-4-2-7;/h1-6,9H2;1H. The van der Waals surface area contributed by atoms with Crippen LogP contribution >= 0.6 is 12.4 Å². The van der Waals surface area contributed by atoms with E-state index < -0.39 is 0 Å². The second-order valence-corrected chi connectivity index (χ2v) is 2.95. The molecule has 0 unspecified atom stereocenters. The van der Waals surface area contributed by atoms with Gasteiger partial charge in [0, 0.05) is 25.2 Å². The van der Waals surface area contributed by atoms with Gasteiger partial charge in [-0.2, -0.15) is 0 Å². The smallest absolute Gasteiger partial charge is 0.0964 e. The quantitative estimate of drug-likeness (QED) is 0.697. The molecule has 2 nitrogen and oxygen atoms in total. The summed E-state index contributed by atoms with van der Waals surface area (Å²) in [5.74, 6) is 0. The van der Waals surface area contributed by atoms with Gasteiger partial charge in [0.15, 0.2) is 0 Å². The molecule has 68 valence electrons. The van der Waals surface area contributed by atoms with Crippen molar-refractivity contribution in [3.63, 3.8) is 0 Å². The number of alkyl halides is 1. The molecular formula is C7H15ClFNO. The van der Waals surface area contributed by atoms with Gasteiger partial charge in [-0.1, -0.05) is 0 Å². The zero-order chi connectivity index (χ0) is 7.45. The van der Waals surface area contributed by atoms with Crippen molar-refractivity contribution < 1.29 is 9.13 Å². The molecule has 2 N–H and O–H groups in total. The molecule has 1 aliphatic heterocycles. The Bertz CT molecular complexity index is 101. The minimum Gasteiger partial charge on any atom is -0.381 e. The van der Waals surface area contributed by atoms with Crippen molar-refractivity contribution >= 4 is 12.4 Å². The fourth-order valence-electron chi connectivity index (χ4n) is 1.20. The van der Waals surface area contributed by atoms with Crippen LogP contribution in [0.5, 0.6) is 0 Å². The Morgan fingerprint density at radius 1 is 1.36 bits per heavy atom. The molecule has 1 rings (SSSR count). The molecule has 1 saturated heterocycles. The summed E-state index contributed by atoms with van der Waals surface area (Å²) < 4.78 is 17.5. The average Bonchev–Trinajstić information content (AvgIpc) is 2.06. The van der Waals surface area contributed by atoms with Crippen LogP contribution in [0.3, 0.4) is 0 Å². The van der Waals surface area contributed by atoms with Crippen LogP contribution in [0.25, 0.3) is 0 Å². The maximum atomic E-state index is 12.4. The maximum Gasteiger partial charge on any atom is 0.0964 e. The first-order valence-corrected chi connectivity index (χ1v) is 3.67. The zero-order valence-corrected chi connectivity index (χ0v) is 7.33. The molecule has 0 amide bonds. The highest BCUT2D eigenvalue weighted by Gasteiger charge is 2.30. The van der Waals surface area contributed by atoms with Gasteiger partial charge in [-0.25, -0.2) is 0 Å². The van der Waals surface area contributed by atoms with Gasteiger partial charge in [-0.3, -0.25) is 4.39 Å². The highest BCUT2D eigenvalue weighted by Crippen LogP contribution is 2.29. The summed E-state index contributed by atoms with van der Waals surface area (Å²) in [5.41, 5.74) is 5.20. The van der Waals surface area contributed by atoms with Gasteiger partial charge in [0.1, 0.15) is 0 Å². The number of halogens is 2. The number of ether oxygens (including phenoxy) is 1. The van der Waals surface area contributed by atoms with Crippen LogP contribution in [0.1, 0.15) is 12.8 Å². The predicted octanol–water partition coefficient (Wildman–Crippen LogP) is 1.13. The van der Waals surface area contributed by atoms with Crippen LogP contribution in [0.2, 0.25) is 0 Å².